The summed E-state index contributed by atoms with van der Waals surface area (Å²) in [7, 11) is 2.10. The number of nitrogens with zero attached hydrogens (tertiary/aromatic N) is 4. The lowest BCUT2D eigenvalue weighted by Crippen LogP contribution is -2.20. The fourth-order valence-electron chi connectivity index (χ4n) is 3.12. The van der Waals surface area contributed by atoms with Gasteiger partial charge in [-0.3, -0.25) is 4.40 Å². The van der Waals surface area contributed by atoms with Gasteiger partial charge in [0, 0.05) is 13.6 Å². The van der Waals surface area contributed by atoms with Crippen molar-refractivity contribution in [1.29, 1.82) is 0 Å². The second-order valence-electron chi connectivity index (χ2n) is 6.55. The van der Waals surface area contributed by atoms with E-state index in [-0.39, 0.29) is 0 Å². The minimum absolute atomic E-state index is 0.491. The zero-order chi connectivity index (χ0) is 16.6. The fourth-order valence-corrected chi connectivity index (χ4v) is 3.12. The number of rotatable bonds is 5. The zero-order valence-corrected chi connectivity index (χ0v) is 14.4. The van der Waals surface area contributed by atoms with Crippen LogP contribution in [-0.2, 0) is 6.42 Å². The summed E-state index contributed by atoms with van der Waals surface area (Å²) in [5.74, 6) is 2.05. The Morgan fingerprint density at radius 2 is 1.96 bits per heavy atom. The van der Waals surface area contributed by atoms with Gasteiger partial charge in [-0.25, -0.2) is 9.97 Å². The average Bonchev–Trinajstić information content (AvgIpc) is 2.87. The summed E-state index contributed by atoms with van der Waals surface area (Å²) >= 11 is 0. The topological polar surface area (TPSA) is 59.5 Å². The van der Waals surface area contributed by atoms with Gasteiger partial charge < -0.3 is 10.6 Å². The van der Waals surface area contributed by atoms with Gasteiger partial charge >= 0.3 is 0 Å². The Kier molecular flexibility index (Phi) is 4.11. The minimum atomic E-state index is 0.491. The van der Waals surface area contributed by atoms with E-state index in [1.165, 1.54) is 5.69 Å². The van der Waals surface area contributed by atoms with Gasteiger partial charge in [0.05, 0.1) is 16.7 Å². The fraction of sp³-hybridized carbons (Fsp3) is 0.444. The highest BCUT2D eigenvalue weighted by atomic mass is 15.2. The van der Waals surface area contributed by atoms with Crippen LogP contribution in [0.3, 0.4) is 0 Å². The van der Waals surface area contributed by atoms with Crippen LogP contribution in [0.1, 0.15) is 32.9 Å². The van der Waals surface area contributed by atoms with Crippen molar-refractivity contribution in [3.05, 3.63) is 30.0 Å². The summed E-state index contributed by atoms with van der Waals surface area (Å²) in [6, 6.07) is 8.11. The lowest BCUT2D eigenvalue weighted by Gasteiger charge is -2.18. The van der Waals surface area contributed by atoms with Gasteiger partial charge in [-0.2, -0.15) is 0 Å². The number of nitrogens with two attached hydrogens (primary N) is 1. The molecule has 23 heavy (non-hydrogen) atoms. The molecule has 0 spiro atoms. The minimum Gasteiger partial charge on any atom is -0.381 e. The summed E-state index contributed by atoms with van der Waals surface area (Å²) in [6.07, 6.45) is 2.04. The number of hydrogen-bond donors (Lipinski definition) is 1. The number of nitrogen functional groups attached to an aromatic ring is 1. The molecule has 2 aromatic heterocycles. The molecule has 0 saturated heterocycles. The second-order valence-corrected chi connectivity index (χ2v) is 6.55. The van der Waals surface area contributed by atoms with Crippen LogP contribution in [0.25, 0.3) is 16.7 Å². The van der Waals surface area contributed by atoms with E-state index in [0.717, 1.165) is 41.9 Å². The number of fused-ring (bicyclic) bond motifs is 3. The summed E-state index contributed by atoms with van der Waals surface area (Å²) in [4.78, 5) is 11.6. The van der Waals surface area contributed by atoms with E-state index in [1.54, 1.807) is 0 Å². The highest BCUT2D eigenvalue weighted by Gasteiger charge is 2.20. The SMILES string of the molecule is CCCN(C)c1nc2c(N)nc3ccccc3n2c1CC(C)C. The van der Waals surface area contributed by atoms with E-state index in [4.69, 9.17) is 10.7 Å². The summed E-state index contributed by atoms with van der Waals surface area (Å²) in [5.41, 5.74) is 10.1. The van der Waals surface area contributed by atoms with Gasteiger partial charge in [-0.05, 0) is 30.9 Å². The van der Waals surface area contributed by atoms with E-state index >= 15 is 0 Å². The number of anilines is 2. The molecule has 2 heterocycles. The molecule has 0 aliphatic rings. The van der Waals surface area contributed by atoms with Crippen molar-refractivity contribution in [2.24, 2.45) is 5.92 Å². The van der Waals surface area contributed by atoms with Crippen molar-refractivity contribution in [3.8, 4) is 0 Å². The summed E-state index contributed by atoms with van der Waals surface area (Å²) < 4.78 is 2.19. The van der Waals surface area contributed by atoms with Crippen molar-refractivity contribution in [2.75, 3.05) is 24.2 Å². The maximum Gasteiger partial charge on any atom is 0.182 e. The van der Waals surface area contributed by atoms with Gasteiger partial charge in [0.2, 0.25) is 0 Å². The second kappa shape index (κ2) is 6.07. The van der Waals surface area contributed by atoms with Crippen molar-refractivity contribution in [2.45, 2.75) is 33.6 Å². The maximum atomic E-state index is 6.20. The highest BCUT2D eigenvalue weighted by molar-refractivity contribution is 5.84. The normalized spacial score (nSPS) is 11.7. The van der Waals surface area contributed by atoms with Gasteiger partial charge in [-0.1, -0.05) is 32.9 Å². The molecule has 0 amide bonds. The molecule has 0 aliphatic heterocycles. The lowest BCUT2D eigenvalue weighted by molar-refractivity contribution is 0.631. The van der Waals surface area contributed by atoms with Crippen molar-refractivity contribution in [3.63, 3.8) is 0 Å². The molecule has 3 rings (SSSR count). The predicted octanol–water partition coefficient (Wildman–Crippen LogP) is 3.51. The Hall–Kier alpha value is -2.30. The maximum absolute atomic E-state index is 6.20. The highest BCUT2D eigenvalue weighted by Crippen LogP contribution is 2.29. The van der Waals surface area contributed by atoms with Crippen LogP contribution in [0.4, 0.5) is 11.6 Å². The van der Waals surface area contributed by atoms with Crippen LogP contribution in [0.15, 0.2) is 24.3 Å². The number of para-hydroxylation sites is 2. The van der Waals surface area contributed by atoms with Crippen LogP contribution < -0.4 is 10.6 Å². The molecule has 0 saturated carbocycles. The summed E-state index contributed by atoms with van der Waals surface area (Å²) in [6.45, 7) is 7.62. The Morgan fingerprint density at radius 3 is 2.65 bits per heavy atom. The molecule has 0 radical (unpaired) electrons. The number of hydrogen-bond acceptors (Lipinski definition) is 4. The van der Waals surface area contributed by atoms with E-state index in [1.807, 2.05) is 18.2 Å². The van der Waals surface area contributed by atoms with Crippen molar-refractivity contribution in [1.82, 2.24) is 14.4 Å². The number of imidazole rings is 1. The van der Waals surface area contributed by atoms with Gasteiger partial charge in [0.1, 0.15) is 0 Å². The molecular weight excluding hydrogens is 286 g/mol. The average molecular weight is 311 g/mol. The van der Waals surface area contributed by atoms with Gasteiger partial charge in [0.15, 0.2) is 17.3 Å². The molecule has 0 atom stereocenters. The first-order valence-electron chi connectivity index (χ1n) is 8.29. The van der Waals surface area contributed by atoms with E-state index < -0.39 is 0 Å². The first-order chi connectivity index (χ1) is 11.0. The number of benzene rings is 1. The Labute approximate surface area is 137 Å². The number of aromatic nitrogens is 3. The smallest absolute Gasteiger partial charge is 0.182 e. The predicted molar refractivity (Wildman–Crippen MR) is 97.0 cm³/mol. The Morgan fingerprint density at radius 1 is 1.22 bits per heavy atom. The first kappa shape index (κ1) is 15.6. The van der Waals surface area contributed by atoms with Crippen LogP contribution in [0.5, 0.6) is 0 Å². The molecule has 0 bridgehead atoms. The van der Waals surface area contributed by atoms with Crippen LogP contribution in [-0.4, -0.2) is 28.0 Å². The Bertz CT molecular complexity index is 834. The zero-order valence-electron chi connectivity index (χ0n) is 14.4. The van der Waals surface area contributed by atoms with E-state index in [9.17, 15) is 0 Å². The molecular formula is C18H25N5. The third-order valence-corrected chi connectivity index (χ3v) is 4.07. The standard InChI is InChI=1S/C18H25N5/c1-5-10-22(4)17-15(11-12(2)3)23-14-9-7-6-8-13(14)20-16(19)18(23)21-17/h6-9,12H,5,10-11H2,1-4H3,(H2,19,20). The molecule has 2 N–H and O–H groups in total. The summed E-state index contributed by atoms with van der Waals surface area (Å²) in [5, 5.41) is 0. The third-order valence-electron chi connectivity index (χ3n) is 4.07. The first-order valence-corrected chi connectivity index (χ1v) is 8.29. The van der Waals surface area contributed by atoms with Gasteiger partial charge in [0.25, 0.3) is 0 Å². The third kappa shape index (κ3) is 2.71. The van der Waals surface area contributed by atoms with Crippen molar-refractivity contribution >= 4 is 28.3 Å². The largest absolute Gasteiger partial charge is 0.381 e. The van der Waals surface area contributed by atoms with Gasteiger partial charge in [-0.15, -0.1) is 0 Å². The van der Waals surface area contributed by atoms with Crippen LogP contribution in [0.2, 0.25) is 0 Å². The molecule has 0 fully saturated rings. The lowest BCUT2D eigenvalue weighted by atomic mass is 10.1. The molecule has 5 nitrogen and oxygen atoms in total. The monoisotopic (exact) mass is 311 g/mol. The van der Waals surface area contributed by atoms with E-state index in [2.05, 4.69) is 48.2 Å². The van der Waals surface area contributed by atoms with Crippen molar-refractivity contribution < 1.29 is 0 Å². The van der Waals surface area contributed by atoms with Crippen LogP contribution >= 0.6 is 0 Å². The molecule has 0 unspecified atom stereocenters. The molecule has 122 valence electrons. The van der Waals surface area contributed by atoms with Crippen LogP contribution in [0, 0.1) is 5.92 Å². The molecule has 5 heteroatoms. The molecule has 1 aromatic carbocycles. The Balaban J connectivity index is 2.36. The molecule has 0 aliphatic carbocycles. The molecule has 3 aromatic rings. The quantitative estimate of drug-likeness (QED) is 0.783. The van der Waals surface area contributed by atoms with E-state index in [0.29, 0.717) is 11.7 Å².